The Hall–Kier alpha value is -4.65. The van der Waals surface area contributed by atoms with Gasteiger partial charge in [-0.1, -0.05) is 18.2 Å². The number of halogens is 1. The lowest BCUT2D eigenvalue weighted by molar-refractivity contribution is 0.0734. The second-order valence-corrected chi connectivity index (χ2v) is 10.5. The first-order chi connectivity index (χ1) is 19.1. The van der Waals surface area contributed by atoms with Crippen LogP contribution in [0.4, 0.5) is 15.8 Å². The molecule has 204 valence electrons. The van der Waals surface area contributed by atoms with E-state index in [1.165, 1.54) is 12.1 Å². The molecule has 6 nitrogen and oxygen atoms in total. The molecule has 0 spiro atoms. The van der Waals surface area contributed by atoms with Crippen molar-refractivity contribution in [2.45, 2.75) is 39.8 Å². The van der Waals surface area contributed by atoms with Gasteiger partial charge in [-0.25, -0.2) is 9.18 Å². The molecule has 0 saturated carbocycles. The summed E-state index contributed by atoms with van der Waals surface area (Å²) in [4.78, 5) is 16.5. The van der Waals surface area contributed by atoms with E-state index in [0.29, 0.717) is 23.6 Å². The number of carbonyl (C=O) groups is 1. The van der Waals surface area contributed by atoms with E-state index in [2.05, 4.69) is 54.6 Å². The van der Waals surface area contributed by atoms with E-state index >= 15 is 0 Å². The monoisotopic (exact) mass is 537 g/mol. The number of nitrogens with one attached hydrogen (secondary N) is 2. The second kappa shape index (κ2) is 10.8. The minimum Gasteiger partial charge on any atom is -0.496 e. The number of hydrogen-bond donors (Lipinski definition) is 2. The van der Waals surface area contributed by atoms with Gasteiger partial charge in [0.05, 0.1) is 18.2 Å². The number of rotatable bonds is 7. The summed E-state index contributed by atoms with van der Waals surface area (Å²) in [7, 11) is 1.59. The molecule has 1 aliphatic rings. The molecule has 0 amide bonds. The van der Waals surface area contributed by atoms with Crippen LogP contribution in [0.3, 0.4) is 0 Å². The molecule has 0 unspecified atom stereocenters. The van der Waals surface area contributed by atoms with E-state index in [-0.39, 0.29) is 11.4 Å². The SMILES string of the molecule is COc1cc(OC(=O)c2ccncc2)ccc1-c1ccc2c(c1CNc1cc(F)ccc1C)C(C)=CC(C)(C)N2. The van der Waals surface area contributed by atoms with Gasteiger partial charge in [0.1, 0.15) is 17.3 Å². The number of carbonyl (C=O) groups excluding carboxylic acids is 1. The first-order valence-electron chi connectivity index (χ1n) is 13.1. The summed E-state index contributed by atoms with van der Waals surface area (Å²) in [5.41, 5.74) is 8.02. The predicted molar refractivity (Wildman–Crippen MR) is 157 cm³/mol. The maximum Gasteiger partial charge on any atom is 0.343 e. The van der Waals surface area contributed by atoms with Gasteiger partial charge in [-0.2, -0.15) is 0 Å². The number of aryl methyl sites for hydroxylation is 1. The van der Waals surface area contributed by atoms with Crippen molar-refractivity contribution in [1.29, 1.82) is 0 Å². The van der Waals surface area contributed by atoms with Crippen LogP contribution < -0.4 is 20.1 Å². The van der Waals surface area contributed by atoms with Crippen molar-refractivity contribution < 1.29 is 18.7 Å². The van der Waals surface area contributed by atoms with E-state index in [1.807, 2.05) is 13.0 Å². The van der Waals surface area contributed by atoms with Crippen molar-refractivity contribution in [2.75, 3.05) is 17.7 Å². The Morgan fingerprint density at radius 1 is 1.00 bits per heavy atom. The third-order valence-corrected chi connectivity index (χ3v) is 6.99. The fourth-order valence-electron chi connectivity index (χ4n) is 5.21. The third-order valence-electron chi connectivity index (χ3n) is 6.99. The standard InChI is InChI=1S/C33H32FN3O3/c1-20-6-7-23(34)16-29(20)36-19-27-25(10-11-28-31(27)21(2)18-33(3,4)37-28)26-9-8-24(17-30(26)39-5)40-32(38)22-12-14-35-15-13-22/h6-18,36-37H,19H2,1-5H3. The number of esters is 1. The Kier molecular flexibility index (Phi) is 7.30. The van der Waals surface area contributed by atoms with Crippen molar-refractivity contribution >= 4 is 22.9 Å². The molecule has 1 aliphatic heterocycles. The largest absolute Gasteiger partial charge is 0.496 e. The van der Waals surface area contributed by atoms with E-state index in [4.69, 9.17) is 9.47 Å². The molecule has 0 atom stereocenters. The number of allylic oxidation sites excluding steroid dienone is 1. The van der Waals surface area contributed by atoms with E-state index in [1.54, 1.807) is 49.8 Å². The molecule has 40 heavy (non-hydrogen) atoms. The lowest BCUT2D eigenvalue weighted by atomic mass is 9.85. The summed E-state index contributed by atoms with van der Waals surface area (Å²) in [6.07, 6.45) is 5.31. The van der Waals surface area contributed by atoms with Gasteiger partial charge in [-0.05, 0) is 92.4 Å². The zero-order valence-corrected chi connectivity index (χ0v) is 23.3. The highest BCUT2D eigenvalue weighted by molar-refractivity contribution is 5.91. The Balaban J connectivity index is 1.56. The smallest absolute Gasteiger partial charge is 0.343 e. The summed E-state index contributed by atoms with van der Waals surface area (Å²) in [6.45, 7) is 8.79. The van der Waals surface area contributed by atoms with Crippen molar-refractivity contribution in [2.24, 2.45) is 0 Å². The Bertz CT molecular complexity index is 1610. The van der Waals surface area contributed by atoms with Gasteiger partial charge < -0.3 is 20.1 Å². The maximum atomic E-state index is 14.1. The highest BCUT2D eigenvalue weighted by Crippen LogP contribution is 2.43. The number of benzene rings is 3. The average Bonchev–Trinajstić information content (AvgIpc) is 2.93. The maximum absolute atomic E-state index is 14.1. The van der Waals surface area contributed by atoms with Gasteiger partial charge in [0.25, 0.3) is 0 Å². The molecule has 7 heteroatoms. The van der Waals surface area contributed by atoms with Crippen LogP contribution >= 0.6 is 0 Å². The third kappa shape index (κ3) is 5.54. The summed E-state index contributed by atoms with van der Waals surface area (Å²) in [6, 6.07) is 17.5. The molecule has 1 aromatic heterocycles. The topological polar surface area (TPSA) is 72.5 Å². The van der Waals surface area contributed by atoms with Crippen molar-refractivity contribution in [3.63, 3.8) is 0 Å². The first-order valence-corrected chi connectivity index (χ1v) is 13.1. The lowest BCUT2D eigenvalue weighted by Gasteiger charge is -2.33. The van der Waals surface area contributed by atoms with Crippen LogP contribution in [-0.4, -0.2) is 23.6 Å². The summed E-state index contributed by atoms with van der Waals surface area (Å²) in [5.74, 6) is 0.168. The molecular formula is C33H32FN3O3. The zero-order valence-electron chi connectivity index (χ0n) is 23.3. The van der Waals surface area contributed by atoms with Crippen LogP contribution in [0.5, 0.6) is 11.5 Å². The molecule has 0 aliphatic carbocycles. The lowest BCUT2D eigenvalue weighted by Crippen LogP contribution is -2.32. The number of aromatic nitrogens is 1. The van der Waals surface area contributed by atoms with Crippen LogP contribution in [-0.2, 0) is 6.54 Å². The van der Waals surface area contributed by atoms with Crippen molar-refractivity contribution in [1.82, 2.24) is 4.98 Å². The number of hydrogen-bond acceptors (Lipinski definition) is 6. The van der Waals surface area contributed by atoms with E-state index in [0.717, 1.165) is 44.8 Å². The number of fused-ring (bicyclic) bond motifs is 1. The molecular weight excluding hydrogens is 505 g/mol. The van der Waals surface area contributed by atoms with Gasteiger partial charge in [-0.3, -0.25) is 4.98 Å². The van der Waals surface area contributed by atoms with E-state index < -0.39 is 5.97 Å². The van der Waals surface area contributed by atoms with Crippen molar-refractivity contribution in [3.8, 4) is 22.6 Å². The normalized spacial score (nSPS) is 13.5. The fraction of sp³-hybridized carbons (Fsp3) is 0.212. The number of ether oxygens (including phenoxy) is 2. The minimum atomic E-state index is -0.476. The average molecular weight is 538 g/mol. The molecule has 2 N–H and O–H groups in total. The van der Waals surface area contributed by atoms with Gasteiger partial charge in [0.2, 0.25) is 0 Å². The van der Waals surface area contributed by atoms with Crippen LogP contribution in [0, 0.1) is 12.7 Å². The zero-order chi connectivity index (χ0) is 28.4. The number of anilines is 2. The van der Waals surface area contributed by atoms with Crippen LogP contribution in [0.1, 0.15) is 47.8 Å². The molecule has 0 radical (unpaired) electrons. The molecule has 4 aromatic rings. The van der Waals surface area contributed by atoms with Crippen LogP contribution in [0.2, 0.25) is 0 Å². The van der Waals surface area contributed by atoms with Gasteiger partial charge in [0.15, 0.2) is 0 Å². The van der Waals surface area contributed by atoms with E-state index in [9.17, 15) is 9.18 Å². The van der Waals surface area contributed by atoms with Gasteiger partial charge >= 0.3 is 5.97 Å². The Morgan fingerprint density at radius 2 is 1.75 bits per heavy atom. The Labute approximate surface area is 233 Å². The molecule has 0 bridgehead atoms. The van der Waals surface area contributed by atoms with Gasteiger partial charge in [0, 0.05) is 47.5 Å². The highest BCUT2D eigenvalue weighted by atomic mass is 19.1. The van der Waals surface area contributed by atoms with Crippen LogP contribution in [0.25, 0.3) is 16.7 Å². The number of methoxy groups -OCH3 is 1. The quantitative estimate of drug-likeness (QED) is 0.186. The van der Waals surface area contributed by atoms with Gasteiger partial charge in [-0.15, -0.1) is 0 Å². The summed E-state index contributed by atoms with van der Waals surface area (Å²) in [5, 5.41) is 7.08. The molecule has 0 saturated heterocycles. The second-order valence-electron chi connectivity index (χ2n) is 10.5. The van der Waals surface area contributed by atoms with Crippen LogP contribution in [0.15, 0.2) is 79.1 Å². The first kappa shape index (κ1) is 26.9. The molecule has 5 rings (SSSR count). The number of nitrogens with zero attached hydrogens (tertiary/aromatic N) is 1. The molecule has 0 fully saturated rings. The molecule has 3 aromatic carbocycles. The van der Waals surface area contributed by atoms with Crippen molar-refractivity contribution in [3.05, 3.63) is 107 Å². The highest BCUT2D eigenvalue weighted by Gasteiger charge is 2.27. The number of pyridine rings is 1. The predicted octanol–water partition coefficient (Wildman–Crippen LogP) is 7.64. The Morgan fingerprint density at radius 3 is 2.50 bits per heavy atom. The summed E-state index contributed by atoms with van der Waals surface area (Å²) < 4.78 is 25.5. The minimum absolute atomic E-state index is 0.194. The molecule has 2 heterocycles. The summed E-state index contributed by atoms with van der Waals surface area (Å²) >= 11 is 0. The fourth-order valence-corrected chi connectivity index (χ4v) is 5.21.